The number of pyridine rings is 1. The number of carbonyl (C=O) groups is 1. The van der Waals surface area contributed by atoms with Crippen LogP contribution in [0, 0.1) is 5.92 Å². The van der Waals surface area contributed by atoms with E-state index in [-0.39, 0.29) is 17.9 Å². The molecule has 1 saturated heterocycles. The monoisotopic (exact) mass is 432 g/mol. The van der Waals surface area contributed by atoms with Crippen molar-refractivity contribution in [2.24, 2.45) is 5.92 Å². The highest BCUT2D eigenvalue weighted by molar-refractivity contribution is 6.30. The largest absolute Gasteiger partial charge is 0.368 e. The maximum atomic E-state index is 13.3. The van der Waals surface area contributed by atoms with Crippen LogP contribution in [0.1, 0.15) is 11.1 Å². The van der Waals surface area contributed by atoms with Gasteiger partial charge in [-0.05, 0) is 53.9 Å². The van der Waals surface area contributed by atoms with E-state index < -0.39 is 0 Å². The molecule has 2 aliphatic heterocycles. The van der Waals surface area contributed by atoms with Gasteiger partial charge in [-0.2, -0.15) is 0 Å². The molecule has 3 aromatic rings. The number of fused-ring (bicyclic) bond motifs is 3. The van der Waals surface area contributed by atoms with E-state index in [1.165, 1.54) is 11.3 Å². The highest BCUT2D eigenvalue weighted by Gasteiger charge is 2.41. The van der Waals surface area contributed by atoms with Crippen molar-refractivity contribution in [2.45, 2.75) is 19.0 Å². The number of nitrogens with one attached hydrogen (secondary N) is 1. The van der Waals surface area contributed by atoms with E-state index in [4.69, 9.17) is 11.6 Å². The summed E-state index contributed by atoms with van der Waals surface area (Å²) < 4.78 is 0. The van der Waals surface area contributed by atoms with Crippen molar-refractivity contribution < 1.29 is 4.79 Å². The van der Waals surface area contributed by atoms with Gasteiger partial charge in [0.15, 0.2) is 0 Å². The topological polar surface area (TPSA) is 48.5 Å². The first-order valence-electron chi connectivity index (χ1n) is 10.7. The Hall–Kier alpha value is -3.05. The van der Waals surface area contributed by atoms with E-state index in [1.807, 2.05) is 24.3 Å². The lowest BCUT2D eigenvalue weighted by molar-refractivity contribution is -0.126. The SMILES string of the molecule is O=C(NCc1cccnc1)[C@H]1Cc2ccccc2N2CCN(c3ccc(Cl)cc3)C[C@@H]12. The molecule has 0 spiro atoms. The Kier molecular flexibility index (Phi) is 5.51. The zero-order valence-corrected chi connectivity index (χ0v) is 18.0. The zero-order valence-electron chi connectivity index (χ0n) is 17.2. The number of rotatable bonds is 4. The van der Waals surface area contributed by atoms with Crippen LogP contribution in [0.4, 0.5) is 11.4 Å². The van der Waals surface area contributed by atoms with Crippen LogP contribution in [0.25, 0.3) is 0 Å². The molecule has 158 valence electrons. The summed E-state index contributed by atoms with van der Waals surface area (Å²) in [5.41, 5.74) is 4.67. The number of halogens is 1. The third kappa shape index (κ3) is 4.10. The summed E-state index contributed by atoms with van der Waals surface area (Å²) in [5.74, 6) is -0.00650. The Labute approximate surface area is 187 Å². The fourth-order valence-electron chi connectivity index (χ4n) is 4.77. The number of nitrogens with zero attached hydrogens (tertiary/aromatic N) is 3. The Morgan fingerprint density at radius 3 is 2.71 bits per heavy atom. The second kappa shape index (κ2) is 8.60. The van der Waals surface area contributed by atoms with Crippen molar-refractivity contribution in [3.05, 3.63) is 89.2 Å². The Morgan fingerprint density at radius 1 is 1.06 bits per heavy atom. The fraction of sp³-hybridized carbons (Fsp3) is 0.280. The summed E-state index contributed by atoms with van der Waals surface area (Å²) in [6.07, 6.45) is 4.30. The number of hydrogen-bond acceptors (Lipinski definition) is 4. The van der Waals surface area contributed by atoms with Crippen LogP contribution in [0.15, 0.2) is 73.1 Å². The number of benzene rings is 2. The number of aromatic nitrogens is 1. The van der Waals surface area contributed by atoms with Gasteiger partial charge in [-0.25, -0.2) is 0 Å². The third-order valence-corrected chi connectivity index (χ3v) is 6.59. The van der Waals surface area contributed by atoms with Crippen LogP contribution in [-0.4, -0.2) is 36.6 Å². The van der Waals surface area contributed by atoms with Gasteiger partial charge in [0.2, 0.25) is 5.91 Å². The predicted octanol–water partition coefficient (Wildman–Crippen LogP) is 3.92. The van der Waals surface area contributed by atoms with Crippen LogP contribution in [0.5, 0.6) is 0 Å². The second-order valence-electron chi connectivity index (χ2n) is 8.20. The Balaban J connectivity index is 1.39. The minimum Gasteiger partial charge on any atom is -0.368 e. The van der Waals surface area contributed by atoms with Crippen molar-refractivity contribution in [3.63, 3.8) is 0 Å². The van der Waals surface area contributed by atoms with E-state index in [2.05, 4.69) is 56.5 Å². The summed E-state index contributed by atoms with van der Waals surface area (Å²) >= 11 is 6.08. The molecular weight excluding hydrogens is 408 g/mol. The van der Waals surface area contributed by atoms with Crippen molar-refractivity contribution in [3.8, 4) is 0 Å². The first kappa shape index (κ1) is 19.9. The molecule has 0 unspecified atom stereocenters. The third-order valence-electron chi connectivity index (χ3n) is 6.34. The number of anilines is 2. The summed E-state index contributed by atoms with van der Waals surface area (Å²) in [5, 5.41) is 3.89. The zero-order chi connectivity index (χ0) is 21.2. The lowest BCUT2D eigenvalue weighted by Crippen LogP contribution is -2.61. The molecule has 5 nitrogen and oxygen atoms in total. The average molecular weight is 433 g/mol. The number of hydrogen-bond donors (Lipinski definition) is 1. The van der Waals surface area contributed by atoms with E-state index in [0.717, 1.165) is 42.3 Å². The van der Waals surface area contributed by atoms with E-state index in [0.29, 0.717) is 6.54 Å². The van der Waals surface area contributed by atoms with Crippen molar-refractivity contribution >= 4 is 28.9 Å². The quantitative estimate of drug-likeness (QED) is 0.678. The minimum atomic E-state index is -0.110. The van der Waals surface area contributed by atoms with E-state index >= 15 is 0 Å². The first-order valence-corrected chi connectivity index (χ1v) is 11.1. The molecule has 0 bridgehead atoms. The highest BCUT2D eigenvalue weighted by Crippen LogP contribution is 2.37. The average Bonchev–Trinajstić information content (AvgIpc) is 2.83. The van der Waals surface area contributed by atoms with Crippen LogP contribution < -0.4 is 15.1 Å². The van der Waals surface area contributed by atoms with Crippen molar-refractivity contribution in [1.82, 2.24) is 10.3 Å². The van der Waals surface area contributed by atoms with Gasteiger partial charge in [0, 0.05) is 55.0 Å². The van der Waals surface area contributed by atoms with Crippen LogP contribution in [0.3, 0.4) is 0 Å². The Morgan fingerprint density at radius 2 is 1.90 bits per heavy atom. The van der Waals surface area contributed by atoms with Crippen LogP contribution in [-0.2, 0) is 17.8 Å². The summed E-state index contributed by atoms with van der Waals surface area (Å²) in [6, 6.07) is 20.5. The summed E-state index contributed by atoms with van der Waals surface area (Å²) in [4.78, 5) is 22.3. The molecule has 0 radical (unpaired) electrons. The number of carbonyl (C=O) groups excluding carboxylic acids is 1. The van der Waals surface area contributed by atoms with E-state index in [9.17, 15) is 4.79 Å². The molecule has 1 fully saturated rings. The van der Waals surface area contributed by atoms with Gasteiger partial charge in [0.05, 0.1) is 12.0 Å². The molecule has 2 aromatic carbocycles. The number of para-hydroxylation sites is 1. The predicted molar refractivity (Wildman–Crippen MR) is 125 cm³/mol. The molecular formula is C25H25ClN4O. The number of amides is 1. The van der Waals surface area contributed by atoms with Gasteiger partial charge in [0.25, 0.3) is 0 Å². The second-order valence-corrected chi connectivity index (χ2v) is 8.64. The molecule has 31 heavy (non-hydrogen) atoms. The molecule has 0 saturated carbocycles. The minimum absolute atomic E-state index is 0.103. The van der Waals surface area contributed by atoms with E-state index in [1.54, 1.807) is 12.4 Å². The van der Waals surface area contributed by atoms with Gasteiger partial charge in [-0.3, -0.25) is 9.78 Å². The Bertz CT molecular complexity index is 1060. The lowest BCUT2D eigenvalue weighted by Gasteiger charge is -2.49. The van der Waals surface area contributed by atoms with Gasteiger partial charge in [0.1, 0.15) is 0 Å². The van der Waals surface area contributed by atoms with Gasteiger partial charge in [-0.15, -0.1) is 0 Å². The van der Waals surface area contributed by atoms with Crippen molar-refractivity contribution in [2.75, 3.05) is 29.4 Å². The molecule has 1 aromatic heterocycles. The fourth-order valence-corrected chi connectivity index (χ4v) is 4.89. The van der Waals surface area contributed by atoms with Gasteiger partial charge >= 0.3 is 0 Å². The van der Waals surface area contributed by atoms with Gasteiger partial charge in [-0.1, -0.05) is 35.9 Å². The molecule has 5 rings (SSSR count). The molecule has 2 atom stereocenters. The maximum Gasteiger partial charge on any atom is 0.225 e. The van der Waals surface area contributed by atoms with Crippen LogP contribution >= 0.6 is 11.6 Å². The molecule has 1 N–H and O–H groups in total. The number of piperazine rings is 1. The molecule has 6 heteroatoms. The molecule has 2 aliphatic rings. The highest BCUT2D eigenvalue weighted by atomic mass is 35.5. The maximum absolute atomic E-state index is 13.3. The van der Waals surface area contributed by atoms with Crippen LogP contribution in [0.2, 0.25) is 5.02 Å². The molecule has 0 aliphatic carbocycles. The molecule has 1 amide bonds. The molecule has 3 heterocycles. The van der Waals surface area contributed by atoms with Gasteiger partial charge < -0.3 is 15.1 Å². The smallest absolute Gasteiger partial charge is 0.225 e. The summed E-state index contributed by atoms with van der Waals surface area (Å²) in [7, 11) is 0. The summed E-state index contributed by atoms with van der Waals surface area (Å²) in [6.45, 7) is 3.10. The standard InChI is InChI=1S/C25H25ClN4O/c26-20-7-9-21(10-8-20)29-12-13-30-23-6-2-1-5-19(23)14-22(24(30)17-29)25(31)28-16-18-4-3-11-27-15-18/h1-11,15,22,24H,12-14,16-17H2,(H,28,31)/t22-,24-/m0/s1. The first-order chi connectivity index (χ1) is 15.2. The van der Waals surface area contributed by atoms with Crippen molar-refractivity contribution in [1.29, 1.82) is 0 Å². The normalized spacial score (nSPS) is 20.0. The lowest BCUT2D eigenvalue weighted by atomic mass is 9.83.